The third-order valence-electron chi connectivity index (χ3n) is 13.5. The number of carboxylic acid groups (broad SMARTS) is 1. The van der Waals surface area contributed by atoms with Gasteiger partial charge in [0.2, 0.25) is 5.91 Å². The minimum atomic E-state index is -4.73. The average Bonchev–Trinajstić information content (AvgIpc) is 3.58. The van der Waals surface area contributed by atoms with E-state index < -0.39 is 50.5 Å². The number of phosphoric ester groups is 1. The summed E-state index contributed by atoms with van der Waals surface area (Å²) in [7, 11) is -4.73. The summed E-state index contributed by atoms with van der Waals surface area (Å²) in [5.41, 5.74) is 1.46. The van der Waals surface area contributed by atoms with E-state index in [1.165, 1.54) is 101 Å². The first-order chi connectivity index (χ1) is 35.3. The van der Waals surface area contributed by atoms with Gasteiger partial charge in [-0.05, 0) is 76.7 Å². The number of rotatable bonds is 51. The van der Waals surface area contributed by atoms with Crippen molar-refractivity contribution in [2.24, 2.45) is 5.92 Å². The molecule has 0 aromatic carbocycles. The van der Waals surface area contributed by atoms with Crippen molar-refractivity contribution in [2.45, 2.75) is 271 Å². The lowest BCUT2D eigenvalue weighted by Gasteiger charge is -2.21. The number of esters is 2. The van der Waals surface area contributed by atoms with E-state index in [2.05, 4.69) is 32.9 Å². The molecule has 1 amide bonds. The molecule has 422 valence electrons. The minimum absolute atomic E-state index is 0.0566. The molecule has 0 aliphatic carbocycles. The van der Waals surface area contributed by atoms with Crippen molar-refractivity contribution in [3.63, 3.8) is 0 Å². The summed E-state index contributed by atoms with van der Waals surface area (Å²) in [6.07, 6.45) is 45.5. The number of unbranched alkanes of at least 4 members (excludes halogenated alkanes) is 26. The first kappa shape index (κ1) is 67.9. The number of carbonyl (C=O) groups excluding carboxylic acids is 3. The normalized spacial score (nSPS) is 15.8. The Morgan fingerprint density at radius 1 is 0.616 bits per heavy atom. The smallest absolute Gasteiger partial charge is 0.472 e. The van der Waals surface area contributed by atoms with Gasteiger partial charge < -0.3 is 29.5 Å². The largest absolute Gasteiger partial charge is 0.481 e. The summed E-state index contributed by atoms with van der Waals surface area (Å²) in [5.74, 6) is -2.72. The van der Waals surface area contributed by atoms with Gasteiger partial charge in [-0.25, -0.2) is 4.57 Å². The number of aliphatic hydroxyl groups excluding tert-OH is 1. The fraction of sp³-hybridized carbons (Fsp3) is 0.797. The van der Waals surface area contributed by atoms with Crippen molar-refractivity contribution in [3.8, 4) is 0 Å². The number of allylic oxidation sites excluding steroid dienone is 5. The van der Waals surface area contributed by atoms with Gasteiger partial charge in [0.25, 0.3) is 0 Å². The molecule has 0 aromatic rings. The minimum Gasteiger partial charge on any atom is -0.481 e. The van der Waals surface area contributed by atoms with Crippen molar-refractivity contribution < 1.29 is 57.4 Å². The van der Waals surface area contributed by atoms with Crippen LogP contribution in [0.1, 0.15) is 259 Å². The van der Waals surface area contributed by atoms with Gasteiger partial charge in [0.1, 0.15) is 6.61 Å². The molecular weight excluding hydrogens is 946 g/mol. The predicted octanol–water partition coefficient (Wildman–Crippen LogP) is 15.5. The molecule has 73 heavy (non-hydrogen) atoms. The topological polar surface area (TPSA) is 186 Å². The number of nitrogens with zero attached hydrogens (tertiary/aromatic N) is 1. The van der Waals surface area contributed by atoms with Crippen LogP contribution in [0, 0.1) is 5.92 Å². The number of amides is 1. The van der Waals surface area contributed by atoms with E-state index in [-0.39, 0.29) is 44.9 Å². The van der Waals surface area contributed by atoms with Gasteiger partial charge in [-0.3, -0.25) is 28.2 Å². The third-order valence-corrected chi connectivity index (χ3v) is 14.5. The second-order valence-corrected chi connectivity index (χ2v) is 21.7. The highest BCUT2D eigenvalue weighted by molar-refractivity contribution is 7.47. The van der Waals surface area contributed by atoms with E-state index in [0.717, 1.165) is 82.6 Å². The van der Waals surface area contributed by atoms with E-state index in [0.29, 0.717) is 44.2 Å². The Hall–Kier alpha value is -3.09. The Morgan fingerprint density at radius 2 is 1.10 bits per heavy atom. The van der Waals surface area contributed by atoms with E-state index in [4.69, 9.17) is 23.6 Å². The van der Waals surface area contributed by atoms with Gasteiger partial charge >= 0.3 is 25.7 Å². The van der Waals surface area contributed by atoms with Gasteiger partial charge in [0, 0.05) is 31.5 Å². The Labute approximate surface area is 443 Å². The Bertz CT molecular complexity index is 1610. The molecule has 0 spiro atoms. The van der Waals surface area contributed by atoms with Crippen molar-refractivity contribution in [2.75, 3.05) is 26.4 Å². The molecule has 0 bridgehead atoms. The lowest BCUT2D eigenvalue weighted by atomic mass is 9.95. The van der Waals surface area contributed by atoms with E-state index in [1.54, 1.807) is 19.1 Å². The highest BCUT2D eigenvalue weighted by Gasteiger charge is 2.36. The molecule has 1 rings (SSSR count). The van der Waals surface area contributed by atoms with E-state index in [9.17, 15) is 33.7 Å². The van der Waals surface area contributed by atoms with Crippen LogP contribution in [-0.4, -0.2) is 82.4 Å². The van der Waals surface area contributed by atoms with Gasteiger partial charge in [-0.2, -0.15) is 0 Å². The molecule has 14 heteroatoms. The standard InChI is InChI=1S/C59H104NO12P/c1-5-8-11-13-15-17-19-21-22-24-26-28-30-32-39-44-58(65)72-53(49-69-57(64)43-38-31-29-27-25-23-20-18-16-14-12-9-6-2)50-71-73(67,68)70-48-47-60-51(4)54(41-36-33-34-37-42-56(62)63)55(59(60)66)46-45-52(61)40-35-10-7-3/h21-22,33,36,45-46,52-53,55,61H,5-20,23-32,34-35,37-44,47-50H2,1-4H3,(H,62,63)(H,67,68)/b22-21-,36-33-,46-45+/t52?,53-,55?/m1/s1. The molecule has 13 nitrogen and oxygen atoms in total. The first-order valence-corrected chi connectivity index (χ1v) is 30.7. The highest BCUT2D eigenvalue weighted by atomic mass is 31.2. The lowest BCUT2D eigenvalue weighted by molar-refractivity contribution is -0.161. The van der Waals surface area contributed by atoms with Crippen molar-refractivity contribution in [3.05, 3.63) is 47.7 Å². The van der Waals surface area contributed by atoms with Crippen LogP contribution in [0.5, 0.6) is 0 Å². The SMILES string of the molecule is CCCCCCCC/C=C\CCCCCCCC(=O)O[C@H](COC(=O)CCCCCCCCCCCCCCC)COP(=O)(O)OCCN1C(=O)C(/C=C/C(O)CCCCC)C(C/C=C\CCCC(=O)O)=C1C. The maximum atomic E-state index is 13.8. The zero-order chi connectivity index (χ0) is 53.6. The van der Waals surface area contributed by atoms with Crippen molar-refractivity contribution >= 4 is 31.6 Å². The van der Waals surface area contributed by atoms with Crippen LogP contribution >= 0.6 is 7.82 Å². The maximum absolute atomic E-state index is 13.8. The number of carboxylic acids is 1. The number of hydrogen-bond donors (Lipinski definition) is 3. The molecular formula is C59H104NO12P. The summed E-state index contributed by atoms with van der Waals surface area (Å²) in [4.78, 5) is 62.7. The van der Waals surface area contributed by atoms with Crippen LogP contribution in [0.3, 0.4) is 0 Å². The summed E-state index contributed by atoms with van der Waals surface area (Å²) in [6, 6.07) is 0. The van der Waals surface area contributed by atoms with Gasteiger partial charge in [0.05, 0.1) is 25.2 Å². The monoisotopic (exact) mass is 1050 g/mol. The highest BCUT2D eigenvalue weighted by Crippen LogP contribution is 2.43. The molecule has 3 N–H and O–H groups in total. The summed E-state index contributed by atoms with van der Waals surface area (Å²) >= 11 is 0. The first-order valence-electron chi connectivity index (χ1n) is 29.2. The van der Waals surface area contributed by atoms with Crippen molar-refractivity contribution in [1.82, 2.24) is 4.90 Å². The second-order valence-electron chi connectivity index (χ2n) is 20.2. The molecule has 1 heterocycles. The van der Waals surface area contributed by atoms with Crippen LogP contribution < -0.4 is 0 Å². The van der Waals surface area contributed by atoms with Crippen LogP contribution in [-0.2, 0) is 42.3 Å². The fourth-order valence-corrected chi connectivity index (χ4v) is 9.72. The molecule has 0 saturated heterocycles. The quantitative estimate of drug-likeness (QED) is 0.0227. The van der Waals surface area contributed by atoms with Gasteiger partial charge in [-0.1, -0.05) is 205 Å². The van der Waals surface area contributed by atoms with Gasteiger partial charge in [-0.15, -0.1) is 0 Å². The Kier molecular flexibility index (Phi) is 43.0. The molecule has 0 saturated carbocycles. The summed E-state index contributed by atoms with van der Waals surface area (Å²) in [5, 5.41) is 19.5. The average molecular weight is 1050 g/mol. The number of hydrogen-bond acceptors (Lipinski definition) is 10. The lowest BCUT2D eigenvalue weighted by Crippen LogP contribution is -2.31. The number of carbonyl (C=O) groups is 4. The zero-order valence-corrected chi connectivity index (χ0v) is 47.3. The van der Waals surface area contributed by atoms with Crippen LogP contribution in [0.2, 0.25) is 0 Å². The second kappa shape index (κ2) is 46.2. The Morgan fingerprint density at radius 3 is 1.64 bits per heavy atom. The number of phosphoric acid groups is 1. The zero-order valence-electron chi connectivity index (χ0n) is 46.4. The van der Waals surface area contributed by atoms with Crippen LogP contribution in [0.4, 0.5) is 0 Å². The van der Waals surface area contributed by atoms with Gasteiger partial charge in [0.15, 0.2) is 6.10 Å². The molecule has 1 aliphatic rings. The van der Waals surface area contributed by atoms with E-state index >= 15 is 0 Å². The van der Waals surface area contributed by atoms with Crippen LogP contribution in [0.25, 0.3) is 0 Å². The molecule has 1 aliphatic heterocycles. The van der Waals surface area contributed by atoms with E-state index in [1.807, 2.05) is 12.2 Å². The molecule has 3 unspecified atom stereocenters. The third kappa shape index (κ3) is 38.2. The molecule has 4 atom stereocenters. The fourth-order valence-electron chi connectivity index (χ4n) is 8.98. The number of ether oxygens (including phenoxy) is 2. The summed E-state index contributed by atoms with van der Waals surface area (Å²) < 4.78 is 35.0. The molecule has 0 aromatic heterocycles. The number of aliphatic hydroxyl groups is 1. The van der Waals surface area contributed by atoms with Crippen molar-refractivity contribution in [1.29, 1.82) is 0 Å². The maximum Gasteiger partial charge on any atom is 0.472 e. The molecule has 0 fully saturated rings. The molecule has 0 radical (unpaired) electrons. The predicted molar refractivity (Wildman–Crippen MR) is 295 cm³/mol. The summed E-state index contributed by atoms with van der Waals surface area (Å²) in [6.45, 7) is 7.08. The number of aliphatic carboxylic acids is 1. The Balaban J connectivity index is 2.77. The van der Waals surface area contributed by atoms with Crippen LogP contribution in [0.15, 0.2) is 47.7 Å².